The number of carbonyl (C=O) groups excluding carboxylic acids is 1. The van der Waals surface area contributed by atoms with Gasteiger partial charge in [0.2, 0.25) is 5.91 Å². The van der Waals surface area contributed by atoms with Crippen LogP contribution in [-0.2, 0) is 4.79 Å². The van der Waals surface area contributed by atoms with Crippen molar-refractivity contribution in [3.63, 3.8) is 0 Å². The maximum Gasteiger partial charge on any atom is 0.240 e. The Bertz CT molecular complexity index is 787. The molecule has 1 amide bonds. The molecule has 3 heterocycles. The zero-order valence-corrected chi connectivity index (χ0v) is 13.8. The zero-order chi connectivity index (χ0) is 16.7. The third kappa shape index (κ3) is 2.50. The van der Waals surface area contributed by atoms with Crippen LogP contribution in [0.25, 0.3) is 6.08 Å². The van der Waals surface area contributed by atoms with Crippen molar-refractivity contribution in [2.45, 2.75) is 32.7 Å². The Hall–Kier alpha value is -2.56. The maximum atomic E-state index is 12.1. The Morgan fingerprint density at radius 3 is 2.75 bits per heavy atom. The van der Waals surface area contributed by atoms with E-state index in [2.05, 4.69) is 12.0 Å². The SMILES string of the molecule is CC(=O)N1N=C2/C(=C/c3ccco3)CC(C)CC2C1c1ccco1. The predicted octanol–water partition coefficient (Wildman–Crippen LogP) is 4.26. The third-order valence-corrected chi connectivity index (χ3v) is 4.78. The van der Waals surface area contributed by atoms with E-state index in [-0.39, 0.29) is 17.9 Å². The van der Waals surface area contributed by atoms with Crippen LogP contribution in [0.3, 0.4) is 0 Å². The number of fused-ring (bicyclic) bond motifs is 1. The van der Waals surface area contributed by atoms with Gasteiger partial charge in [0.25, 0.3) is 0 Å². The quantitative estimate of drug-likeness (QED) is 0.829. The van der Waals surface area contributed by atoms with Gasteiger partial charge in [-0.1, -0.05) is 6.92 Å². The normalized spacial score (nSPS) is 28.1. The van der Waals surface area contributed by atoms with Crippen molar-refractivity contribution in [3.8, 4) is 0 Å². The van der Waals surface area contributed by atoms with E-state index in [1.54, 1.807) is 24.5 Å². The molecule has 2 aromatic heterocycles. The average Bonchev–Trinajstić information content (AvgIpc) is 3.26. The van der Waals surface area contributed by atoms with Gasteiger partial charge in [0.15, 0.2) is 0 Å². The lowest BCUT2D eigenvalue weighted by atomic mass is 9.74. The van der Waals surface area contributed by atoms with E-state index in [9.17, 15) is 4.79 Å². The first kappa shape index (κ1) is 15.0. The van der Waals surface area contributed by atoms with Gasteiger partial charge in [-0.25, -0.2) is 5.01 Å². The van der Waals surface area contributed by atoms with Crippen LogP contribution in [0.15, 0.2) is 56.3 Å². The lowest BCUT2D eigenvalue weighted by molar-refractivity contribution is -0.131. The molecule has 0 N–H and O–H groups in total. The molecule has 1 aliphatic heterocycles. The third-order valence-electron chi connectivity index (χ3n) is 4.78. The Kier molecular flexibility index (Phi) is 3.63. The van der Waals surface area contributed by atoms with Gasteiger partial charge >= 0.3 is 0 Å². The fraction of sp³-hybridized carbons (Fsp3) is 0.368. The van der Waals surface area contributed by atoms with Crippen molar-refractivity contribution >= 4 is 17.7 Å². The van der Waals surface area contributed by atoms with Gasteiger partial charge < -0.3 is 8.83 Å². The molecule has 0 spiro atoms. The summed E-state index contributed by atoms with van der Waals surface area (Å²) in [5, 5.41) is 6.25. The van der Waals surface area contributed by atoms with Crippen molar-refractivity contribution in [3.05, 3.63) is 53.9 Å². The number of allylic oxidation sites excluding steroid dienone is 1. The van der Waals surface area contributed by atoms with E-state index in [0.717, 1.165) is 35.6 Å². The van der Waals surface area contributed by atoms with Gasteiger partial charge in [-0.05, 0) is 54.7 Å². The maximum absolute atomic E-state index is 12.1. The predicted molar refractivity (Wildman–Crippen MR) is 90.0 cm³/mol. The summed E-state index contributed by atoms with van der Waals surface area (Å²) in [5.74, 6) is 2.21. The van der Waals surface area contributed by atoms with E-state index in [0.29, 0.717) is 5.92 Å². The number of amides is 1. The first-order chi connectivity index (χ1) is 11.6. The monoisotopic (exact) mass is 324 g/mol. The lowest BCUT2D eigenvalue weighted by Crippen LogP contribution is -2.32. The van der Waals surface area contributed by atoms with E-state index in [1.807, 2.05) is 30.3 Å². The van der Waals surface area contributed by atoms with Gasteiger partial charge in [-0.3, -0.25) is 4.79 Å². The average molecular weight is 324 g/mol. The molecule has 1 saturated carbocycles. The van der Waals surface area contributed by atoms with Crippen LogP contribution in [0.1, 0.15) is 44.3 Å². The van der Waals surface area contributed by atoms with Crippen molar-refractivity contribution < 1.29 is 13.6 Å². The van der Waals surface area contributed by atoms with Gasteiger partial charge in [0, 0.05) is 12.8 Å². The summed E-state index contributed by atoms with van der Waals surface area (Å²) >= 11 is 0. The van der Waals surface area contributed by atoms with Crippen molar-refractivity contribution in [2.75, 3.05) is 0 Å². The van der Waals surface area contributed by atoms with E-state index >= 15 is 0 Å². The van der Waals surface area contributed by atoms with Gasteiger partial charge in [-0.2, -0.15) is 5.10 Å². The lowest BCUT2D eigenvalue weighted by Gasteiger charge is -2.30. The van der Waals surface area contributed by atoms with Crippen LogP contribution in [0.4, 0.5) is 0 Å². The van der Waals surface area contributed by atoms with Crippen molar-refractivity contribution in [2.24, 2.45) is 16.9 Å². The molecule has 0 saturated heterocycles. The molecule has 5 heteroatoms. The summed E-state index contributed by atoms with van der Waals surface area (Å²) in [7, 11) is 0. The van der Waals surface area contributed by atoms with Crippen LogP contribution in [0.5, 0.6) is 0 Å². The highest BCUT2D eigenvalue weighted by Gasteiger charge is 2.45. The molecular formula is C19H20N2O3. The number of hydrogen-bond acceptors (Lipinski definition) is 4. The Morgan fingerprint density at radius 2 is 2.08 bits per heavy atom. The number of hydrazone groups is 1. The summed E-state index contributed by atoms with van der Waals surface area (Å²) < 4.78 is 11.1. The van der Waals surface area contributed by atoms with Crippen LogP contribution >= 0.6 is 0 Å². The Balaban J connectivity index is 1.77. The molecule has 1 aliphatic carbocycles. The second-order valence-corrected chi connectivity index (χ2v) is 6.65. The van der Waals surface area contributed by atoms with Crippen LogP contribution < -0.4 is 0 Å². The van der Waals surface area contributed by atoms with Gasteiger partial charge in [0.05, 0.1) is 18.2 Å². The minimum Gasteiger partial charge on any atom is -0.467 e. The van der Waals surface area contributed by atoms with Gasteiger partial charge in [-0.15, -0.1) is 0 Å². The molecule has 24 heavy (non-hydrogen) atoms. The van der Waals surface area contributed by atoms with Crippen LogP contribution in [0, 0.1) is 11.8 Å². The highest BCUT2D eigenvalue weighted by molar-refractivity contribution is 6.07. The zero-order valence-electron chi connectivity index (χ0n) is 13.8. The smallest absolute Gasteiger partial charge is 0.240 e. The molecule has 1 fully saturated rings. The van der Waals surface area contributed by atoms with Crippen LogP contribution in [0.2, 0.25) is 0 Å². The molecular weight excluding hydrogens is 304 g/mol. The summed E-state index contributed by atoms with van der Waals surface area (Å²) in [6.45, 7) is 3.79. The highest BCUT2D eigenvalue weighted by atomic mass is 16.3. The summed E-state index contributed by atoms with van der Waals surface area (Å²) in [6, 6.07) is 7.44. The standard InChI is InChI=1S/C19H20N2O3/c1-12-9-14(11-15-5-3-7-23-15)18-16(10-12)19(17-6-4-8-24-17)21(20-18)13(2)22/h3-8,11-12,16,19H,9-10H2,1-2H3/b14-11+. The second-order valence-electron chi connectivity index (χ2n) is 6.65. The Morgan fingerprint density at radius 1 is 1.29 bits per heavy atom. The van der Waals surface area contributed by atoms with E-state index < -0.39 is 0 Å². The molecule has 5 nitrogen and oxygen atoms in total. The Labute approximate surface area is 140 Å². The largest absolute Gasteiger partial charge is 0.467 e. The van der Waals surface area contributed by atoms with E-state index in [1.165, 1.54) is 0 Å². The molecule has 3 unspecified atom stereocenters. The highest BCUT2D eigenvalue weighted by Crippen LogP contribution is 2.46. The number of hydrogen-bond donors (Lipinski definition) is 0. The number of nitrogens with zero attached hydrogens (tertiary/aromatic N) is 2. The summed E-state index contributed by atoms with van der Waals surface area (Å²) in [6.07, 6.45) is 7.29. The van der Waals surface area contributed by atoms with Crippen LogP contribution in [-0.4, -0.2) is 16.6 Å². The molecule has 0 bridgehead atoms. The minimum atomic E-state index is -0.157. The van der Waals surface area contributed by atoms with Gasteiger partial charge in [0.1, 0.15) is 17.6 Å². The second kappa shape index (κ2) is 5.82. The molecule has 4 rings (SSSR count). The number of rotatable bonds is 2. The fourth-order valence-electron chi connectivity index (χ4n) is 3.83. The molecule has 124 valence electrons. The molecule has 2 aromatic rings. The number of carbonyl (C=O) groups is 1. The molecule has 3 atom stereocenters. The summed E-state index contributed by atoms with van der Waals surface area (Å²) in [4.78, 5) is 12.1. The van der Waals surface area contributed by atoms with Crippen molar-refractivity contribution in [1.82, 2.24) is 5.01 Å². The van der Waals surface area contributed by atoms with Crippen molar-refractivity contribution in [1.29, 1.82) is 0 Å². The first-order valence-corrected chi connectivity index (χ1v) is 8.29. The topological polar surface area (TPSA) is 59.0 Å². The molecule has 0 radical (unpaired) electrons. The first-order valence-electron chi connectivity index (χ1n) is 8.29. The molecule has 2 aliphatic rings. The number of furan rings is 2. The fourth-order valence-corrected chi connectivity index (χ4v) is 3.83. The van der Waals surface area contributed by atoms with E-state index in [4.69, 9.17) is 8.83 Å². The minimum absolute atomic E-state index is 0.0664. The molecule has 0 aromatic carbocycles. The summed E-state index contributed by atoms with van der Waals surface area (Å²) in [5.41, 5.74) is 2.13.